The zero-order valence-electron chi connectivity index (χ0n) is 27.8. The number of aliphatic hydroxyl groups is 1. The van der Waals surface area contributed by atoms with Gasteiger partial charge in [0, 0.05) is 11.3 Å². The molecule has 0 fully saturated rings. The molecule has 7 aromatic rings. The van der Waals surface area contributed by atoms with Gasteiger partial charge in [-0.2, -0.15) is 0 Å². The molecule has 1 N–H and O–H groups in total. The molecule has 1 atom stereocenters. The van der Waals surface area contributed by atoms with E-state index in [1.165, 1.54) is 44.7 Å². The zero-order chi connectivity index (χ0) is 35.6. The number of ether oxygens (including phenoxy) is 1. The Hall–Kier alpha value is -5.62. The van der Waals surface area contributed by atoms with Gasteiger partial charge < -0.3 is 9.84 Å². The Kier molecular flexibility index (Phi) is 9.38. The predicted octanol–water partition coefficient (Wildman–Crippen LogP) is 9.78. The molecule has 256 valence electrons. The molecular formula is C41H30N4O4S3. The third-order valence-electron chi connectivity index (χ3n) is 8.75. The van der Waals surface area contributed by atoms with Crippen LogP contribution >= 0.6 is 34.4 Å². The van der Waals surface area contributed by atoms with E-state index in [9.17, 15) is 14.7 Å². The number of amides is 1. The first-order valence-electron chi connectivity index (χ1n) is 16.5. The van der Waals surface area contributed by atoms with Crippen LogP contribution in [-0.2, 0) is 17.2 Å². The molecule has 52 heavy (non-hydrogen) atoms. The number of carbonyl (C=O) groups is 2. The van der Waals surface area contributed by atoms with Crippen molar-refractivity contribution in [2.45, 2.75) is 29.7 Å². The lowest BCUT2D eigenvalue weighted by atomic mass is 9.95. The maximum Gasteiger partial charge on any atom is 0.296 e. The summed E-state index contributed by atoms with van der Waals surface area (Å²) < 4.78 is 6.68. The molecular weight excluding hydrogens is 709 g/mol. The number of anilines is 1. The van der Waals surface area contributed by atoms with Crippen LogP contribution in [0.3, 0.4) is 0 Å². The van der Waals surface area contributed by atoms with Crippen molar-refractivity contribution in [1.29, 1.82) is 0 Å². The van der Waals surface area contributed by atoms with Crippen molar-refractivity contribution >= 4 is 62.0 Å². The van der Waals surface area contributed by atoms with E-state index in [4.69, 9.17) is 4.74 Å². The van der Waals surface area contributed by atoms with Crippen molar-refractivity contribution < 1.29 is 19.4 Å². The van der Waals surface area contributed by atoms with Crippen molar-refractivity contribution in [3.63, 3.8) is 0 Å². The molecule has 8 nitrogen and oxygen atoms in total. The molecule has 0 radical (unpaired) electrons. The number of aliphatic hydroxyl groups excluding tert-OH is 1. The Morgan fingerprint density at radius 3 is 2.35 bits per heavy atom. The van der Waals surface area contributed by atoms with Gasteiger partial charge >= 0.3 is 0 Å². The highest BCUT2D eigenvalue weighted by Crippen LogP contribution is 2.45. The van der Waals surface area contributed by atoms with Crippen LogP contribution in [0.15, 0.2) is 143 Å². The van der Waals surface area contributed by atoms with E-state index in [2.05, 4.69) is 39.4 Å². The minimum atomic E-state index is -0.964. The SMILES string of the molecule is Cc1nc(-c2ccccc2)sc1C(=O)C1=C(O)C(=O)N(c2nnc(SCc3cccc4ccccc34)s2)C1c1ccc(OCc2ccccc2)cc1. The predicted molar refractivity (Wildman–Crippen MR) is 207 cm³/mol. The normalized spacial score (nSPS) is 14.4. The number of hydrogen-bond acceptors (Lipinski definition) is 10. The average molecular weight is 739 g/mol. The summed E-state index contributed by atoms with van der Waals surface area (Å²) in [5.74, 6) is -0.522. The van der Waals surface area contributed by atoms with Gasteiger partial charge in [-0.1, -0.05) is 138 Å². The van der Waals surface area contributed by atoms with Gasteiger partial charge in [0.25, 0.3) is 5.91 Å². The fourth-order valence-corrected chi connectivity index (χ4v) is 9.08. The highest BCUT2D eigenvalue weighted by Gasteiger charge is 2.46. The van der Waals surface area contributed by atoms with Crippen LogP contribution in [0.5, 0.6) is 5.75 Å². The standard InChI is InChI=1S/C41H30N4O4S3/c1-25-37(51-38(42-25)29-14-6-3-7-15-29)35(46)33-34(28-19-21-31(22-20-28)49-23-26-11-4-2-5-12-26)45(39(48)36(33)47)40-43-44-41(52-40)50-24-30-17-10-16-27-13-8-9-18-32(27)30/h2-22,34,47H,23-24H2,1H3. The average Bonchev–Trinajstić information content (AvgIpc) is 3.89. The quantitative estimate of drug-likeness (QED) is 0.0795. The van der Waals surface area contributed by atoms with Crippen molar-refractivity contribution in [3.8, 4) is 16.3 Å². The van der Waals surface area contributed by atoms with Crippen LogP contribution in [-0.4, -0.2) is 32.0 Å². The van der Waals surface area contributed by atoms with Crippen LogP contribution in [0.4, 0.5) is 5.13 Å². The lowest BCUT2D eigenvalue weighted by molar-refractivity contribution is -0.117. The summed E-state index contributed by atoms with van der Waals surface area (Å²) in [6.45, 7) is 2.15. The van der Waals surface area contributed by atoms with Crippen LogP contribution in [0.1, 0.15) is 38.1 Å². The monoisotopic (exact) mass is 738 g/mol. The van der Waals surface area contributed by atoms with Gasteiger partial charge in [-0.25, -0.2) is 4.98 Å². The number of rotatable bonds is 11. The molecule has 1 aliphatic rings. The van der Waals surface area contributed by atoms with E-state index < -0.39 is 23.5 Å². The van der Waals surface area contributed by atoms with Crippen LogP contribution in [0, 0.1) is 6.92 Å². The van der Waals surface area contributed by atoms with E-state index in [0.29, 0.717) is 43.6 Å². The minimum Gasteiger partial charge on any atom is -0.503 e. The molecule has 1 amide bonds. The molecule has 8 rings (SSSR count). The van der Waals surface area contributed by atoms with Crippen LogP contribution in [0.2, 0.25) is 0 Å². The van der Waals surface area contributed by atoms with Crippen molar-refractivity contribution in [2.24, 2.45) is 0 Å². The van der Waals surface area contributed by atoms with E-state index >= 15 is 0 Å². The summed E-state index contributed by atoms with van der Waals surface area (Å²) in [5.41, 5.74) is 4.16. The zero-order valence-corrected chi connectivity index (χ0v) is 30.3. The molecule has 2 aromatic heterocycles. The van der Waals surface area contributed by atoms with Gasteiger partial charge in [-0.3, -0.25) is 14.5 Å². The number of aryl methyl sites for hydroxylation is 1. The Bertz CT molecular complexity index is 2440. The molecule has 1 aliphatic heterocycles. The number of ketones is 1. The topological polar surface area (TPSA) is 106 Å². The summed E-state index contributed by atoms with van der Waals surface area (Å²) in [6, 6.07) is 40.1. The second kappa shape index (κ2) is 14.5. The number of carbonyl (C=O) groups excluding carboxylic acids is 2. The Labute approximate surface area is 312 Å². The molecule has 3 heterocycles. The number of nitrogens with zero attached hydrogens (tertiary/aromatic N) is 4. The third kappa shape index (κ3) is 6.61. The number of thioether (sulfide) groups is 1. The number of benzene rings is 5. The number of thiazole rings is 1. The highest BCUT2D eigenvalue weighted by atomic mass is 32.2. The molecule has 0 bridgehead atoms. The lowest BCUT2D eigenvalue weighted by Crippen LogP contribution is -2.31. The van der Waals surface area contributed by atoms with E-state index in [0.717, 1.165) is 22.1 Å². The Morgan fingerprint density at radius 2 is 1.56 bits per heavy atom. The molecule has 1 unspecified atom stereocenters. The van der Waals surface area contributed by atoms with Gasteiger partial charge in [0.1, 0.15) is 17.4 Å². The second-order valence-electron chi connectivity index (χ2n) is 12.1. The number of fused-ring (bicyclic) bond motifs is 1. The lowest BCUT2D eigenvalue weighted by Gasteiger charge is -2.24. The molecule has 5 aromatic carbocycles. The Balaban J connectivity index is 1.12. The highest BCUT2D eigenvalue weighted by molar-refractivity contribution is 8.00. The number of hydrogen-bond donors (Lipinski definition) is 1. The maximum absolute atomic E-state index is 14.4. The first-order valence-corrected chi connectivity index (χ1v) is 19.1. The van der Waals surface area contributed by atoms with Gasteiger partial charge in [-0.05, 0) is 46.5 Å². The van der Waals surface area contributed by atoms with Crippen LogP contribution < -0.4 is 9.64 Å². The van der Waals surface area contributed by atoms with Gasteiger partial charge in [-0.15, -0.1) is 21.5 Å². The van der Waals surface area contributed by atoms with E-state index in [1.54, 1.807) is 19.1 Å². The smallest absolute Gasteiger partial charge is 0.296 e. The summed E-state index contributed by atoms with van der Waals surface area (Å²) in [7, 11) is 0. The Morgan fingerprint density at radius 1 is 0.846 bits per heavy atom. The number of aromatic nitrogens is 3. The van der Waals surface area contributed by atoms with Crippen LogP contribution in [0.25, 0.3) is 21.3 Å². The first kappa shape index (κ1) is 33.5. The van der Waals surface area contributed by atoms with Crippen molar-refractivity contribution in [3.05, 3.63) is 166 Å². The second-order valence-corrected chi connectivity index (χ2v) is 15.3. The summed E-state index contributed by atoms with van der Waals surface area (Å²) in [5, 5.41) is 23.6. The first-order chi connectivity index (χ1) is 25.4. The van der Waals surface area contributed by atoms with Gasteiger partial charge in [0.2, 0.25) is 10.9 Å². The number of Topliss-reactive ketones (excluding diaryl/α,β-unsaturated/α-hetero) is 1. The minimum absolute atomic E-state index is 0.0329. The molecule has 0 spiro atoms. The largest absolute Gasteiger partial charge is 0.503 e. The summed E-state index contributed by atoms with van der Waals surface area (Å²) in [6.07, 6.45) is 0. The van der Waals surface area contributed by atoms with E-state index in [-0.39, 0.29) is 10.7 Å². The molecule has 0 aliphatic carbocycles. The van der Waals surface area contributed by atoms with Crippen molar-refractivity contribution in [2.75, 3.05) is 4.90 Å². The summed E-state index contributed by atoms with van der Waals surface area (Å²) >= 11 is 4.00. The third-order valence-corrected chi connectivity index (χ3v) is 12.1. The fourth-order valence-electron chi connectivity index (χ4n) is 6.19. The van der Waals surface area contributed by atoms with Crippen molar-refractivity contribution in [1.82, 2.24) is 15.2 Å². The molecule has 11 heteroatoms. The fraction of sp³-hybridized carbons (Fsp3) is 0.0976. The van der Waals surface area contributed by atoms with Gasteiger partial charge in [0.15, 0.2) is 10.1 Å². The maximum atomic E-state index is 14.4. The molecule has 0 saturated heterocycles. The molecule has 0 saturated carbocycles. The van der Waals surface area contributed by atoms with E-state index in [1.807, 2.05) is 91.0 Å². The van der Waals surface area contributed by atoms with Gasteiger partial charge in [0.05, 0.1) is 22.2 Å². The summed E-state index contributed by atoms with van der Waals surface area (Å²) in [4.78, 5) is 34.8.